The molecule has 0 unspecified atom stereocenters. The van der Waals surface area contributed by atoms with Gasteiger partial charge in [-0.2, -0.15) is 0 Å². The minimum absolute atomic E-state index is 0.160. The second-order valence-electron chi connectivity index (χ2n) is 7.30. The van der Waals surface area contributed by atoms with E-state index in [0.717, 1.165) is 11.1 Å². The number of aromatic nitrogens is 1. The maximum Gasteiger partial charge on any atom is 0.338 e. The van der Waals surface area contributed by atoms with Crippen LogP contribution in [0.5, 0.6) is 0 Å². The van der Waals surface area contributed by atoms with Crippen LogP contribution in [0.2, 0.25) is 0 Å². The third-order valence-corrected chi connectivity index (χ3v) is 5.06. The Morgan fingerprint density at radius 1 is 1.00 bits per heavy atom. The van der Waals surface area contributed by atoms with Crippen molar-refractivity contribution in [3.05, 3.63) is 90.0 Å². The highest BCUT2D eigenvalue weighted by Gasteiger charge is 2.16. The largest absolute Gasteiger partial charge is 0.452 e. The first-order chi connectivity index (χ1) is 15.1. The second-order valence-corrected chi connectivity index (χ2v) is 7.30. The third kappa shape index (κ3) is 4.80. The van der Waals surface area contributed by atoms with E-state index in [0.29, 0.717) is 28.8 Å². The van der Waals surface area contributed by atoms with Crippen LogP contribution >= 0.6 is 0 Å². The van der Waals surface area contributed by atoms with Gasteiger partial charge in [0.2, 0.25) is 0 Å². The topological polar surface area (TPSA) is 81.4 Å². The fourth-order valence-electron chi connectivity index (χ4n) is 3.30. The predicted molar refractivity (Wildman–Crippen MR) is 118 cm³/mol. The number of hydrogen-bond donors (Lipinski definition) is 1. The van der Waals surface area contributed by atoms with Gasteiger partial charge in [-0.25, -0.2) is 4.79 Å². The molecule has 0 fully saturated rings. The van der Waals surface area contributed by atoms with Crippen LogP contribution in [0, 0.1) is 0 Å². The molecule has 1 heterocycles. The quantitative estimate of drug-likeness (QED) is 0.448. The molecule has 0 aliphatic carbocycles. The Morgan fingerprint density at radius 3 is 2.45 bits per heavy atom. The van der Waals surface area contributed by atoms with Gasteiger partial charge in [0.25, 0.3) is 5.91 Å². The third-order valence-electron chi connectivity index (χ3n) is 5.06. The Kier molecular flexibility index (Phi) is 6.08. The van der Waals surface area contributed by atoms with Gasteiger partial charge in [0, 0.05) is 12.1 Å². The lowest BCUT2D eigenvalue weighted by atomic mass is 10.0. The molecule has 0 aliphatic rings. The number of hydrogen-bond acceptors (Lipinski definition) is 5. The van der Waals surface area contributed by atoms with E-state index in [1.807, 2.05) is 67.6 Å². The van der Waals surface area contributed by atoms with E-state index in [-0.39, 0.29) is 18.4 Å². The number of amides is 1. The maximum absolute atomic E-state index is 12.5. The van der Waals surface area contributed by atoms with E-state index >= 15 is 0 Å². The van der Waals surface area contributed by atoms with Gasteiger partial charge in [-0.3, -0.25) is 4.79 Å². The first-order valence-electron chi connectivity index (χ1n) is 10.1. The number of ether oxygens (including phenoxy) is 1. The van der Waals surface area contributed by atoms with Crippen LogP contribution in [-0.2, 0) is 9.53 Å². The molecule has 4 rings (SSSR count). The molecule has 31 heavy (non-hydrogen) atoms. The molecule has 1 amide bonds. The van der Waals surface area contributed by atoms with Crippen LogP contribution in [0.15, 0.2) is 83.4 Å². The Bertz CT molecular complexity index is 1190. The fraction of sp³-hybridized carbons (Fsp3) is 0.160. The number of carbonyl (C=O) groups is 2. The molecule has 0 radical (unpaired) electrons. The summed E-state index contributed by atoms with van der Waals surface area (Å²) in [7, 11) is 0. The van der Waals surface area contributed by atoms with Gasteiger partial charge >= 0.3 is 5.97 Å². The lowest BCUT2D eigenvalue weighted by molar-refractivity contribution is -0.124. The monoisotopic (exact) mass is 414 g/mol. The Morgan fingerprint density at radius 2 is 1.71 bits per heavy atom. The zero-order valence-corrected chi connectivity index (χ0v) is 17.1. The van der Waals surface area contributed by atoms with Gasteiger partial charge in [-0.05, 0) is 29.7 Å². The van der Waals surface area contributed by atoms with Crippen molar-refractivity contribution in [2.24, 2.45) is 0 Å². The standard InChI is InChI=1S/C25H22N2O4/c1-17(18-8-4-2-5-9-18)15-26-23(28)16-30-25(29)20-12-13-22-21(14-20)24(31-27-22)19-10-6-3-7-11-19/h2-14,17H,15-16H2,1H3,(H,26,28)/t17-/m0/s1. The summed E-state index contributed by atoms with van der Waals surface area (Å²) in [5.41, 5.74) is 2.97. The second kappa shape index (κ2) is 9.26. The molecule has 3 aromatic carbocycles. The summed E-state index contributed by atoms with van der Waals surface area (Å²) >= 11 is 0. The number of nitrogens with zero attached hydrogens (tertiary/aromatic N) is 1. The van der Waals surface area contributed by atoms with Crippen LogP contribution < -0.4 is 5.32 Å². The van der Waals surface area contributed by atoms with E-state index in [2.05, 4.69) is 10.5 Å². The Labute approximate surface area is 179 Å². The molecule has 0 aliphatic heterocycles. The van der Waals surface area contributed by atoms with Gasteiger partial charge in [0.15, 0.2) is 12.4 Å². The minimum Gasteiger partial charge on any atom is -0.452 e. The van der Waals surface area contributed by atoms with Crippen LogP contribution in [0.1, 0.15) is 28.8 Å². The van der Waals surface area contributed by atoms with Crippen molar-refractivity contribution >= 4 is 22.8 Å². The fourth-order valence-corrected chi connectivity index (χ4v) is 3.30. The first kappa shape index (κ1) is 20.3. The van der Waals surface area contributed by atoms with Crippen LogP contribution in [-0.4, -0.2) is 30.2 Å². The van der Waals surface area contributed by atoms with Gasteiger partial charge in [-0.15, -0.1) is 0 Å². The zero-order valence-electron chi connectivity index (χ0n) is 17.1. The summed E-state index contributed by atoms with van der Waals surface area (Å²) in [6, 6.07) is 24.4. The van der Waals surface area contributed by atoms with Gasteiger partial charge < -0.3 is 14.6 Å². The maximum atomic E-state index is 12.5. The van der Waals surface area contributed by atoms with Crippen molar-refractivity contribution < 1.29 is 18.8 Å². The van der Waals surface area contributed by atoms with E-state index in [1.54, 1.807) is 18.2 Å². The van der Waals surface area contributed by atoms with E-state index in [4.69, 9.17) is 9.26 Å². The summed E-state index contributed by atoms with van der Waals surface area (Å²) < 4.78 is 10.7. The van der Waals surface area contributed by atoms with Crippen molar-refractivity contribution in [1.82, 2.24) is 10.5 Å². The van der Waals surface area contributed by atoms with Gasteiger partial charge in [0.1, 0.15) is 5.52 Å². The average Bonchev–Trinajstić information content (AvgIpc) is 3.25. The highest BCUT2D eigenvalue weighted by atomic mass is 16.5. The van der Waals surface area contributed by atoms with Gasteiger partial charge in [0.05, 0.1) is 10.9 Å². The molecule has 6 heteroatoms. The predicted octanol–water partition coefficient (Wildman–Crippen LogP) is 4.57. The number of fused-ring (bicyclic) bond motifs is 1. The number of nitrogens with one attached hydrogen (secondary N) is 1. The van der Waals surface area contributed by atoms with Crippen molar-refractivity contribution in [2.75, 3.05) is 13.2 Å². The lowest BCUT2D eigenvalue weighted by Gasteiger charge is -2.13. The van der Waals surface area contributed by atoms with Crippen molar-refractivity contribution in [2.45, 2.75) is 12.8 Å². The SMILES string of the molecule is C[C@@H](CNC(=O)COC(=O)c1ccc2noc(-c3ccccc3)c2c1)c1ccccc1. The van der Waals surface area contributed by atoms with Gasteiger partial charge in [-0.1, -0.05) is 72.7 Å². The molecule has 1 N–H and O–H groups in total. The molecule has 6 nitrogen and oxygen atoms in total. The van der Waals surface area contributed by atoms with E-state index in [9.17, 15) is 9.59 Å². The summed E-state index contributed by atoms with van der Waals surface area (Å²) in [6.45, 7) is 2.15. The van der Waals surface area contributed by atoms with Crippen molar-refractivity contribution in [1.29, 1.82) is 0 Å². The van der Waals surface area contributed by atoms with Crippen molar-refractivity contribution in [3.63, 3.8) is 0 Å². The molecule has 4 aromatic rings. The summed E-state index contributed by atoms with van der Waals surface area (Å²) in [5.74, 6) is -0.174. The van der Waals surface area contributed by atoms with Crippen LogP contribution in [0.25, 0.3) is 22.2 Å². The first-order valence-corrected chi connectivity index (χ1v) is 10.1. The summed E-state index contributed by atoms with van der Waals surface area (Å²) in [6.07, 6.45) is 0. The molecule has 1 atom stereocenters. The minimum atomic E-state index is -0.576. The smallest absolute Gasteiger partial charge is 0.338 e. The van der Waals surface area contributed by atoms with Crippen LogP contribution in [0.4, 0.5) is 0 Å². The van der Waals surface area contributed by atoms with Crippen molar-refractivity contribution in [3.8, 4) is 11.3 Å². The number of esters is 1. The molecule has 0 saturated carbocycles. The number of benzene rings is 3. The molecule has 1 aromatic heterocycles. The number of carbonyl (C=O) groups excluding carboxylic acids is 2. The molecule has 0 bridgehead atoms. The van der Waals surface area contributed by atoms with E-state index < -0.39 is 5.97 Å². The summed E-state index contributed by atoms with van der Waals surface area (Å²) in [5, 5.41) is 7.56. The van der Waals surface area contributed by atoms with E-state index in [1.165, 1.54) is 0 Å². The average molecular weight is 414 g/mol. The molecule has 0 spiro atoms. The zero-order chi connectivity index (χ0) is 21.6. The highest BCUT2D eigenvalue weighted by Crippen LogP contribution is 2.29. The Hall–Kier alpha value is -3.93. The Balaban J connectivity index is 1.37. The normalized spacial score (nSPS) is 11.8. The lowest BCUT2D eigenvalue weighted by Crippen LogP contribution is -2.31. The molecular weight excluding hydrogens is 392 g/mol. The number of rotatable bonds is 7. The molecule has 156 valence electrons. The highest BCUT2D eigenvalue weighted by molar-refractivity contribution is 5.99. The molecular formula is C25H22N2O4. The van der Waals surface area contributed by atoms with Crippen LogP contribution in [0.3, 0.4) is 0 Å². The molecule has 0 saturated heterocycles. The summed E-state index contributed by atoms with van der Waals surface area (Å²) in [4.78, 5) is 24.6.